The van der Waals surface area contributed by atoms with Crippen LogP contribution in [0.4, 0.5) is 10.5 Å². The van der Waals surface area contributed by atoms with Gasteiger partial charge >= 0.3 is 6.09 Å². The van der Waals surface area contributed by atoms with Crippen molar-refractivity contribution in [2.24, 2.45) is 0 Å². The zero-order valence-corrected chi connectivity index (χ0v) is 14.9. The van der Waals surface area contributed by atoms with Crippen molar-refractivity contribution in [1.29, 1.82) is 0 Å². The monoisotopic (exact) mass is 338 g/mol. The number of ether oxygens (including phenoxy) is 3. The summed E-state index contributed by atoms with van der Waals surface area (Å²) in [7, 11) is 3.14. The number of carbonyl (C=O) groups excluding carboxylic acids is 1. The summed E-state index contributed by atoms with van der Waals surface area (Å²) in [6, 6.07) is 3.45. The highest BCUT2D eigenvalue weighted by atomic mass is 16.6. The first-order chi connectivity index (χ1) is 11.2. The largest absolute Gasteiger partial charge is 0.503 e. The molecule has 0 atom stereocenters. The van der Waals surface area contributed by atoms with Crippen LogP contribution in [0, 0.1) is 0 Å². The number of nitrogens with one attached hydrogen (secondary N) is 2. The first-order valence-electron chi connectivity index (χ1n) is 7.84. The smallest absolute Gasteiger partial charge is 0.412 e. The lowest BCUT2D eigenvalue weighted by Gasteiger charge is -2.41. The zero-order valence-electron chi connectivity index (χ0n) is 14.9. The van der Waals surface area contributed by atoms with Gasteiger partial charge in [0.05, 0.1) is 18.4 Å². The molecule has 1 fully saturated rings. The topological polar surface area (TPSA) is 89.1 Å². The van der Waals surface area contributed by atoms with Gasteiger partial charge < -0.3 is 24.6 Å². The molecule has 2 rings (SSSR count). The van der Waals surface area contributed by atoms with Gasteiger partial charge in [-0.1, -0.05) is 0 Å². The number of carbonyl (C=O) groups is 1. The fourth-order valence-corrected chi connectivity index (χ4v) is 2.55. The molecule has 7 heteroatoms. The second kappa shape index (κ2) is 6.86. The molecule has 0 bridgehead atoms. The van der Waals surface area contributed by atoms with E-state index >= 15 is 0 Å². The maximum absolute atomic E-state index is 12.0. The highest BCUT2D eigenvalue weighted by Crippen LogP contribution is 2.37. The van der Waals surface area contributed by atoms with Crippen LogP contribution in [0.5, 0.6) is 11.5 Å². The SMILES string of the molecule is COc1cc(CC2(OC)CNC2)cc(NC(=O)OC(C)(C)C)c1O. The lowest BCUT2D eigenvalue weighted by Crippen LogP contribution is -2.61. The van der Waals surface area contributed by atoms with Crippen LogP contribution in [0.15, 0.2) is 12.1 Å². The van der Waals surface area contributed by atoms with E-state index in [0.717, 1.165) is 18.7 Å². The van der Waals surface area contributed by atoms with Crippen molar-refractivity contribution in [3.8, 4) is 11.5 Å². The predicted molar refractivity (Wildman–Crippen MR) is 90.8 cm³/mol. The van der Waals surface area contributed by atoms with Gasteiger partial charge in [0, 0.05) is 26.6 Å². The zero-order chi connectivity index (χ0) is 18.0. The molecule has 0 aromatic heterocycles. The van der Waals surface area contributed by atoms with Gasteiger partial charge in [0.1, 0.15) is 5.60 Å². The van der Waals surface area contributed by atoms with E-state index in [0.29, 0.717) is 6.42 Å². The van der Waals surface area contributed by atoms with Gasteiger partial charge in [-0.2, -0.15) is 0 Å². The fourth-order valence-electron chi connectivity index (χ4n) is 2.55. The Balaban J connectivity index is 2.23. The van der Waals surface area contributed by atoms with Crippen LogP contribution in [0.2, 0.25) is 0 Å². The third-order valence-electron chi connectivity index (χ3n) is 3.84. The van der Waals surface area contributed by atoms with E-state index in [1.165, 1.54) is 7.11 Å². The van der Waals surface area contributed by atoms with Crippen LogP contribution in [0.25, 0.3) is 0 Å². The van der Waals surface area contributed by atoms with Crippen molar-refractivity contribution in [1.82, 2.24) is 5.32 Å². The number of phenols is 1. The summed E-state index contributed by atoms with van der Waals surface area (Å²) in [6.45, 7) is 6.82. The minimum Gasteiger partial charge on any atom is -0.503 e. The van der Waals surface area contributed by atoms with Crippen LogP contribution in [0.3, 0.4) is 0 Å². The number of methoxy groups -OCH3 is 2. The molecule has 1 heterocycles. The van der Waals surface area contributed by atoms with Crippen LogP contribution >= 0.6 is 0 Å². The molecule has 0 spiro atoms. The van der Waals surface area contributed by atoms with Gasteiger partial charge in [-0.05, 0) is 38.5 Å². The van der Waals surface area contributed by atoms with E-state index < -0.39 is 11.7 Å². The van der Waals surface area contributed by atoms with Crippen molar-refractivity contribution >= 4 is 11.8 Å². The number of hydrogen-bond acceptors (Lipinski definition) is 6. The molecule has 1 aromatic carbocycles. The molecule has 24 heavy (non-hydrogen) atoms. The molecule has 0 unspecified atom stereocenters. The quantitative estimate of drug-likeness (QED) is 0.714. The summed E-state index contributed by atoms with van der Waals surface area (Å²) in [5.74, 6) is 0.155. The molecular formula is C17H26N2O5. The van der Waals surface area contributed by atoms with Crippen LogP contribution in [-0.2, 0) is 15.9 Å². The molecule has 3 N–H and O–H groups in total. The summed E-state index contributed by atoms with van der Waals surface area (Å²) >= 11 is 0. The number of hydrogen-bond donors (Lipinski definition) is 3. The van der Waals surface area contributed by atoms with Crippen molar-refractivity contribution in [3.63, 3.8) is 0 Å². The summed E-state index contributed by atoms with van der Waals surface area (Å²) in [5.41, 5.74) is 0.237. The molecule has 0 aliphatic carbocycles. The van der Waals surface area contributed by atoms with E-state index in [1.54, 1.807) is 40.0 Å². The molecular weight excluding hydrogens is 312 g/mol. The van der Waals surface area contributed by atoms with Crippen molar-refractivity contribution in [2.45, 2.75) is 38.4 Å². The molecule has 134 valence electrons. The Morgan fingerprint density at radius 3 is 2.46 bits per heavy atom. The first-order valence-corrected chi connectivity index (χ1v) is 7.84. The standard InChI is InChI=1S/C17H26N2O5/c1-16(2,3)24-15(21)19-12-6-11(7-13(22-4)14(12)20)8-17(23-5)9-18-10-17/h6-7,18,20H,8-10H2,1-5H3,(H,19,21). The number of phenolic OH excluding ortho intramolecular Hbond substituents is 1. The Bertz CT molecular complexity index is 600. The molecule has 7 nitrogen and oxygen atoms in total. The van der Waals surface area contributed by atoms with E-state index in [-0.39, 0.29) is 22.8 Å². The van der Waals surface area contributed by atoms with Gasteiger partial charge in [-0.25, -0.2) is 4.79 Å². The van der Waals surface area contributed by atoms with Gasteiger partial charge in [0.15, 0.2) is 11.5 Å². The molecule has 1 aliphatic heterocycles. The second-order valence-electron chi connectivity index (χ2n) is 6.99. The fraction of sp³-hybridized carbons (Fsp3) is 0.588. The summed E-state index contributed by atoms with van der Waals surface area (Å²) in [4.78, 5) is 12.0. The third-order valence-corrected chi connectivity index (χ3v) is 3.84. The minimum absolute atomic E-state index is 0.134. The van der Waals surface area contributed by atoms with E-state index in [1.807, 2.05) is 0 Å². The molecule has 0 saturated carbocycles. The number of rotatable bonds is 5. The Morgan fingerprint density at radius 1 is 1.33 bits per heavy atom. The second-order valence-corrected chi connectivity index (χ2v) is 6.99. The highest BCUT2D eigenvalue weighted by molar-refractivity contribution is 5.88. The Hall–Kier alpha value is -1.99. The van der Waals surface area contributed by atoms with Crippen molar-refractivity contribution in [3.05, 3.63) is 17.7 Å². The first kappa shape index (κ1) is 18.4. The third kappa shape index (κ3) is 4.30. The van der Waals surface area contributed by atoms with E-state index in [4.69, 9.17) is 14.2 Å². The molecule has 1 saturated heterocycles. The Labute approximate surface area is 142 Å². The average Bonchev–Trinajstić information content (AvgIpc) is 2.43. The number of aromatic hydroxyl groups is 1. The molecule has 1 amide bonds. The Kier molecular flexibility index (Phi) is 5.25. The van der Waals surface area contributed by atoms with E-state index in [9.17, 15) is 9.90 Å². The number of anilines is 1. The lowest BCUT2D eigenvalue weighted by molar-refractivity contribution is -0.0502. The summed E-state index contributed by atoms with van der Waals surface area (Å²) in [5, 5.41) is 16.0. The molecule has 1 aliphatic rings. The normalized spacial score (nSPS) is 16.2. The van der Waals surface area contributed by atoms with Crippen LogP contribution in [0.1, 0.15) is 26.3 Å². The molecule has 1 aromatic rings. The van der Waals surface area contributed by atoms with E-state index in [2.05, 4.69) is 10.6 Å². The summed E-state index contributed by atoms with van der Waals surface area (Å²) < 4.78 is 16.0. The van der Waals surface area contributed by atoms with Crippen molar-refractivity contribution in [2.75, 3.05) is 32.6 Å². The maximum Gasteiger partial charge on any atom is 0.412 e. The summed E-state index contributed by atoms with van der Waals surface area (Å²) in [6.07, 6.45) is -0.000341. The molecule has 0 radical (unpaired) electrons. The number of benzene rings is 1. The van der Waals surface area contributed by atoms with Gasteiger partial charge in [-0.3, -0.25) is 5.32 Å². The van der Waals surface area contributed by atoms with Crippen LogP contribution in [-0.4, -0.2) is 49.7 Å². The van der Waals surface area contributed by atoms with Crippen LogP contribution < -0.4 is 15.4 Å². The average molecular weight is 338 g/mol. The predicted octanol–water partition coefficient (Wildman–Crippen LogP) is 2.28. The van der Waals surface area contributed by atoms with Crippen molar-refractivity contribution < 1.29 is 24.1 Å². The van der Waals surface area contributed by atoms with Gasteiger partial charge in [0.25, 0.3) is 0 Å². The lowest BCUT2D eigenvalue weighted by atomic mass is 9.88. The number of amides is 1. The minimum atomic E-state index is -0.635. The Morgan fingerprint density at radius 2 is 2.00 bits per heavy atom. The maximum atomic E-state index is 12.0. The van der Waals surface area contributed by atoms with Gasteiger partial charge in [-0.15, -0.1) is 0 Å². The highest BCUT2D eigenvalue weighted by Gasteiger charge is 2.37. The van der Waals surface area contributed by atoms with Gasteiger partial charge in [0.2, 0.25) is 0 Å².